The number of nitrogens with one attached hydrogen (secondary N) is 2. The number of rotatable bonds is 32. The number of unbranched alkanes of at least 4 members (excludes halogenated alkanes) is 14. The molecule has 0 spiro atoms. The number of ether oxygens (including phenoxy) is 1. The lowest BCUT2D eigenvalue weighted by Crippen LogP contribution is -2.47. The van der Waals surface area contributed by atoms with E-state index in [9.17, 15) is 19.2 Å². The summed E-state index contributed by atoms with van der Waals surface area (Å²) in [5, 5.41) is 22.4. The number of carbonyl (C=O) groups excluding carboxylic acids is 3. The first-order chi connectivity index (χ1) is 22.8. The highest BCUT2D eigenvalue weighted by atomic mass is 16.5. The molecule has 0 aromatic heterocycles. The second-order valence-electron chi connectivity index (χ2n) is 12.3. The first-order valence-electron chi connectivity index (χ1n) is 18.4. The number of aliphatic hydroxyl groups is 1. The molecular weight excluding hydrogens is 596 g/mol. The largest absolute Gasteiger partial charge is 0.480 e. The van der Waals surface area contributed by atoms with Gasteiger partial charge in [0.25, 0.3) is 0 Å². The Morgan fingerprint density at radius 3 is 1.77 bits per heavy atom. The second kappa shape index (κ2) is 33.0. The summed E-state index contributed by atoms with van der Waals surface area (Å²) in [5.41, 5.74) is 0. The highest BCUT2D eigenvalue weighted by Gasteiger charge is 2.18. The van der Waals surface area contributed by atoms with E-state index in [0.717, 1.165) is 70.6 Å². The third-order valence-electron chi connectivity index (χ3n) is 7.89. The van der Waals surface area contributed by atoms with Crippen LogP contribution in [0.3, 0.4) is 0 Å². The van der Waals surface area contributed by atoms with Crippen molar-refractivity contribution in [2.75, 3.05) is 13.2 Å². The number of esters is 1. The van der Waals surface area contributed by atoms with E-state index >= 15 is 0 Å². The van der Waals surface area contributed by atoms with Gasteiger partial charge in [-0.3, -0.25) is 14.4 Å². The highest BCUT2D eigenvalue weighted by molar-refractivity contribution is 5.87. The van der Waals surface area contributed by atoms with Crippen molar-refractivity contribution in [1.29, 1.82) is 0 Å². The number of allylic oxidation sites excluding steroid dienone is 5. The maximum atomic E-state index is 12.6. The summed E-state index contributed by atoms with van der Waals surface area (Å²) in [7, 11) is 0. The van der Waals surface area contributed by atoms with Crippen molar-refractivity contribution in [3.63, 3.8) is 0 Å². The predicted molar refractivity (Wildman–Crippen MR) is 190 cm³/mol. The molecule has 9 nitrogen and oxygen atoms in total. The molecule has 4 N–H and O–H groups in total. The lowest BCUT2D eigenvalue weighted by Gasteiger charge is -2.15. The van der Waals surface area contributed by atoms with Crippen molar-refractivity contribution in [1.82, 2.24) is 10.6 Å². The van der Waals surface area contributed by atoms with E-state index in [-0.39, 0.29) is 24.5 Å². The summed E-state index contributed by atoms with van der Waals surface area (Å²) in [6.07, 6.45) is 34.8. The van der Waals surface area contributed by atoms with Gasteiger partial charge in [0.2, 0.25) is 11.8 Å². The second-order valence-corrected chi connectivity index (χ2v) is 12.3. The summed E-state index contributed by atoms with van der Waals surface area (Å²) >= 11 is 0. The molecule has 0 saturated carbocycles. The molecule has 2 atom stereocenters. The number of hydrogen-bond donors (Lipinski definition) is 4. The van der Waals surface area contributed by atoms with Gasteiger partial charge < -0.3 is 25.6 Å². The smallest absolute Gasteiger partial charge is 0.328 e. The van der Waals surface area contributed by atoms with E-state index in [2.05, 4.69) is 54.9 Å². The van der Waals surface area contributed by atoms with Gasteiger partial charge in [-0.05, 0) is 51.0 Å². The van der Waals surface area contributed by atoms with Crippen molar-refractivity contribution in [2.24, 2.45) is 0 Å². The summed E-state index contributed by atoms with van der Waals surface area (Å²) in [5.74, 6) is -2.37. The van der Waals surface area contributed by atoms with Crippen LogP contribution in [-0.4, -0.2) is 59.3 Å². The average Bonchev–Trinajstić information content (AvgIpc) is 3.05. The highest BCUT2D eigenvalue weighted by Crippen LogP contribution is 2.15. The number of carbonyl (C=O) groups is 4. The number of hydrogen-bond acceptors (Lipinski definition) is 6. The molecule has 0 fully saturated rings. The Morgan fingerprint density at radius 1 is 0.660 bits per heavy atom. The summed E-state index contributed by atoms with van der Waals surface area (Å²) in [4.78, 5) is 47.1. The van der Waals surface area contributed by atoms with Gasteiger partial charge in [0.1, 0.15) is 12.1 Å². The Kier molecular flexibility index (Phi) is 30.9. The number of aliphatic carboxylic acids is 1. The van der Waals surface area contributed by atoms with Gasteiger partial charge in [0.05, 0.1) is 13.2 Å². The quantitative estimate of drug-likeness (QED) is 0.0326. The zero-order valence-electron chi connectivity index (χ0n) is 29.5. The number of carboxylic acids is 1. The molecule has 270 valence electrons. The zero-order valence-corrected chi connectivity index (χ0v) is 29.5. The van der Waals surface area contributed by atoms with E-state index in [1.54, 1.807) is 0 Å². The molecule has 0 aromatic carbocycles. The Hall–Kier alpha value is -2.94. The van der Waals surface area contributed by atoms with E-state index in [0.29, 0.717) is 19.3 Å². The molecule has 2 amide bonds. The van der Waals surface area contributed by atoms with Crippen LogP contribution in [0, 0.1) is 0 Å². The van der Waals surface area contributed by atoms with Crippen molar-refractivity contribution in [3.05, 3.63) is 36.5 Å². The minimum absolute atomic E-state index is 0.106. The molecule has 0 aliphatic heterocycles. The van der Waals surface area contributed by atoms with Crippen molar-refractivity contribution >= 4 is 23.8 Å². The van der Waals surface area contributed by atoms with Crippen molar-refractivity contribution in [3.8, 4) is 0 Å². The van der Waals surface area contributed by atoms with Gasteiger partial charge in [-0.1, -0.05) is 128 Å². The van der Waals surface area contributed by atoms with Crippen LogP contribution in [0.2, 0.25) is 0 Å². The monoisotopic (exact) mass is 662 g/mol. The van der Waals surface area contributed by atoms with E-state index in [1.807, 2.05) is 6.08 Å². The third-order valence-corrected chi connectivity index (χ3v) is 7.89. The Balaban J connectivity index is 4.30. The maximum absolute atomic E-state index is 12.6. The van der Waals surface area contributed by atoms with Crippen LogP contribution in [0.1, 0.15) is 155 Å². The Labute approximate surface area is 285 Å². The number of aliphatic hydroxyl groups excluding tert-OH is 1. The maximum Gasteiger partial charge on any atom is 0.328 e. The summed E-state index contributed by atoms with van der Waals surface area (Å²) in [6, 6.07) is -1.38. The van der Waals surface area contributed by atoms with Crippen LogP contribution in [0.5, 0.6) is 0 Å². The molecule has 0 heterocycles. The van der Waals surface area contributed by atoms with Gasteiger partial charge in [-0.25, -0.2) is 4.79 Å². The Morgan fingerprint density at radius 2 is 1.19 bits per heavy atom. The normalized spacial score (nSPS) is 12.9. The van der Waals surface area contributed by atoms with Gasteiger partial charge in [-0.2, -0.15) is 0 Å². The Bertz CT molecular complexity index is 900. The van der Waals surface area contributed by atoms with Crippen LogP contribution in [0.25, 0.3) is 0 Å². The number of amides is 2. The van der Waals surface area contributed by atoms with Crippen molar-refractivity contribution < 1.29 is 34.1 Å². The fourth-order valence-corrected chi connectivity index (χ4v) is 5.06. The fourth-order valence-electron chi connectivity index (χ4n) is 5.06. The van der Waals surface area contributed by atoms with E-state index < -0.39 is 24.5 Å². The topological polar surface area (TPSA) is 142 Å². The minimum Gasteiger partial charge on any atom is -0.480 e. The minimum atomic E-state index is -1.38. The molecule has 0 radical (unpaired) electrons. The summed E-state index contributed by atoms with van der Waals surface area (Å²) in [6.45, 7) is 3.33. The number of carboxylic acid groups (broad SMARTS) is 1. The average molecular weight is 663 g/mol. The van der Waals surface area contributed by atoms with Gasteiger partial charge in [0, 0.05) is 12.8 Å². The molecule has 0 aliphatic rings. The van der Waals surface area contributed by atoms with Crippen LogP contribution >= 0.6 is 0 Å². The molecule has 0 aliphatic carbocycles. The van der Waals surface area contributed by atoms with Crippen LogP contribution in [0.15, 0.2) is 36.5 Å². The molecule has 0 aromatic rings. The van der Waals surface area contributed by atoms with Crippen LogP contribution in [0.4, 0.5) is 0 Å². The lowest BCUT2D eigenvalue weighted by atomic mass is 10.0. The lowest BCUT2D eigenvalue weighted by molar-refractivity contribution is -0.147. The first-order valence-corrected chi connectivity index (χ1v) is 18.4. The molecular formula is C38H66N2O7. The molecule has 2 unspecified atom stereocenters. The van der Waals surface area contributed by atoms with Gasteiger partial charge in [0.15, 0.2) is 0 Å². The standard InChI is InChI=1S/C38H66N2O7/c1-3-5-7-9-11-13-14-16-22-26-30-37(44)47-33(27-23-19-15-12-10-8-6-4-2)28-24-20-17-18-21-25-29-35(42)39-31-36(43)40-34(32-41)38(45)46/h6,8,12,15,23,27,33-34,41H,3-5,7,9-11,13-14,16-22,24-26,28-32H2,1-2H3,(H,39,42)(H,40,43)(H,45,46)/b8-6-,15-12-,27-23-. The SMILES string of the molecule is CC/C=C\C/C=C\C/C=C\C(CCCCCCCCC(=O)NCC(=O)NC(CO)C(=O)O)OC(=O)CCCCCCCCCCCC. The fraction of sp³-hybridized carbons (Fsp3) is 0.737. The molecule has 0 rings (SSSR count). The first kappa shape index (κ1) is 44.1. The van der Waals surface area contributed by atoms with E-state index in [1.165, 1.54) is 51.4 Å². The third kappa shape index (κ3) is 30.2. The van der Waals surface area contributed by atoms with Gasteiger partial charge >= 0.3 is 11.9 Å². The van der Waals surface area contributed by atoms with Crippen LogP contribution < -0.4 is 10.6 Å². The summed E-state index contributed by atoms with van der Waals surface area (Å²) < 4.78 is 5.87. The molecule has 0 saturated heterocycles. The molecule has 9 heteroatoms. The van der Waals surface area contributed by atoms with Crippen LogP contribution in [-0.2, 0) is 23.9 Å². The van der Waals surface area contributed by atoms with E-state index in [4.69, 9.17) is 14.9 Å². The zero-order chi connectivity index (χ0) is 34.8. The predicted octanol–water partition coefficient (Wildman–Crippen LogP) is 7.87. The molecule has 0 bridgehead atoms. The van der Waals surface area contributed by atoms with Gasteiger partial charge in [-0.15, -0.1) is 0 Å². The molecule has 47 heavy (non-hydrogen) atoms. The van der Waals surface area contributed by atoms with Crippen molar-refractivity contribution in [2.45, 2.75) is 167 Å².